The number of ether oxygens (including phenoxy) is 6. The summed E-state index contributed by atoms with van der Waals surface area (Å²) in [6.45, 7) is 11.0. The van der Waals surface area contributed by atoms with Gasteiger partial charge in [0.05, 0.1) is 58.3 Å². The SMILES string of the molecule is CC1(COCCOc2ccc(C3(c4ccc(OCCOCC5(C)COC5)cc4)c4ccccc4-c4ccccc43)cc2)COC1. The van der Waals surface area contributed by atoms with Crippen molar-refractivity contribution in [3.63, 3.8) is 0 Å². The molecule has 2 heterocycles. The van der Waals surface area contributed by atoms with Crippen LogP contribution in [0, 0.1) is 10.8 Å². The lowest BCUT2D eigenvalue weighted by Gasteiger charge is -2.37. The largest absolute Gasteiger partial charge is 0.491 e. The van der Waals surface area contributed by atoms with E-state index in [1.807, 2.05) is 0 Å². The van der Waals surface area contributed by atoms with Crippen molar-refractivity contribution in [3.8, 4) is 22.6 Å². The first-order chi connectivity index (χ1) is 22.0. The van der Waals surface area contributed by atoms with Crippen molar-refractivity contribution in [3.05, 3.63) is 119 Å². The fraction of sp³-hybridized carbons (Fsp3) is 0.385. The topological polar surface area (TPSA) is 55.4 Å². The van der Waals surface area contributed by atoms with Gasteiger partial charge in [0, 0.05) is 10.8 Å². The normalized spacial score (nSPS) is 18.3. The van der Waals surface area contributed by atoms with Crippen LogP contribution in [0.1, 0.15) is 36.1 Å². The van der Waals surface area contributed by atoms with E-state index in [9.17, 15) is 0 Å². The van der Waals surface area contributed by atoms with Crippen molar-refractivity contribution in [2.75, 3.05) is 66.1 Å². The third kappa shape index (κ3) is 5.88. The summed E-state index contributed by atoms with van der Waals surface area (Å²) in [5.41, 5.74) is 7.28. The highest BCUT2D eigenvalue weighted by Crippen LogP contribution is 2.56. The molecule has 0 saturated carbocycles. The molecule has 6 nitrogen and oxygen atoms in total. The Kier molecular flexibility index (Phi) is 8.40. The van der Waals surface area contributed by atoms with Gasteiger partial charge in [0.15, 0.2) is 0 Å². The maximum atomic E-state index is 6.08. The molecule has 1 aliphatic carbocycles. The number of fused-ring (bicyclic) bond motifs is 3. The molecule has 2 saturated heterocycles. The molecule has 7 rings (SSSR count). The summed E-state index contributed by atoms with van der Waals surface area (Å²) in [6, 6.07) is 34.7. The molecule has 0 atom stereocenters. The lowest BCUT2D eigenvalue weighted by molar-refractivity contribution is -0.139. The van der Waals surface area contributed by atoms with E-state index in [0.717, 1.165) is 37.9 Å². The van der Waals surface area contributed by atoms with Crippen molar-refractivity contribution in [2.45, 2.75) is 19.3 Å². The van der Waals surface area contributed by atoms with Crippen LogP contribution in [0.4, 0.5) is 0 Å². The Labute approximate surface area is 266 Å². The fourth-order valence-electron chi connectivity index (χ4n) is 6.77. The zero-order chi connectivity index (χ0) is 30.7. The zero-order valence-electron chi connectivity index (χ0n) is 26.3. The number of hydrogen-bond acceptors (Lipinski definition) is 6. The Morgan fingerprint density at radius 2 is 0.911 bits per heavy atom. The molecule has 6 heteroatoms. The van der Waals surface area contributed by atoms with Gasteiger partial charge in [-0.1, -0.05) is 86.6 Å². The monoisotopic (exact) mass is 606 g/mol. The molecular formula is C39H42O6. The Balaban J connectivity index is 1.11. The minimum atomic E-state index is -0.475. The number of benzene rings is 4. The van der Waals surface area contributed by atoms with Gasteiger partial charge in [0.1, 0.15) is 24.7 Å². The Morgan fingerprint density at radius 1 is 0.511 bits per heavy atom. The molecule has 0 N–H and O–H groups in total. The van der Waals surface area contributed by atoms with E-state index in [4.69, 9.17) is 28.4 Å². The first-order valence-corrected chi connectivity index (χ1v) is 16.0. The van der Waals surface area contributed by atoms with Crippen LogP contribution in [0.25, 0.3) is 11.1 Å². The lowest BCUT2D eigenvalue weighted by atomic mass is 9.68. The van der Waals surface area contributed by atoms with Gasteiger partial charge in [-0.05, 0) is 57.6 Å². The van der Waals surface area contributed by atoms with Crippen LogP contribution in [0.15, 0.2) is 97.1 Å². The predicted octanol–water partition coefficient (Wildman–Crippen LogP) is 6.91. The molecule has 0 radical (unpaired) electrons. The summed E-state index contributed by atoms with van der Waals surface area (Å²) in [5.74, 6) is 1.67. The van der Waals surface area contributed by atoms with Crippen LogP contribution in [0.3, 0.4) is 0 Å². The van der Waals surface area contributed by atoms with Gasteiger partial charge in [-0.15, -0.1) is 0 Å². The highest BCUT2D eigenvalue weighted by atomic mass is 16.5. The van der Waals surface area contributed by atoms with E-state index < -0.39 is 5.41 Å². The minimum Gasteiger partial charge on any atom is -0.491 e. The first kappa shape index (κ1) is 30.0. The second-order valence-electron chi connectivity index (χ2n) is 13.3. The maximum Gasteiger partial charge on any atom is 0.119 e. The molecule has 3 aliphatic rings. The third-order valence-corrected chi connectivity index (χ3v) is 9.22. The molecule has 0 amide bonds. The van der Waals surface area contributed by atoms with Crippen molar-refractivity contribution in [2.24, 2.45) is 10.8 Å². The van der Waals surface area contributed by atoms with E-state index in [1.165, 1.54) is 33.4 Å². The molecule has 45 heavy (non-hydrogen) atoms. The fourth-order valence-corrected chi connectivity index (χ4v) is 6.77. The molecule has 0 spiro atoms. The zero-order valence-corrected chi connectivity index (χ0v) is 26.3. The van der Waals surface area contributed by atoms with E-state index in [2.05, 4.69) is 111 Å². The van der Waals surface area contributed by atoms with Crippen LogP contribution >= 0.6 is 0 Å². The van der Waals surface area contributed by atoms with Crippen LogP contribution in [-0.4, -0.2) is 66.1 Å². The average molecular weight is 607 g/mol. The van der Waals surface area contributed by atoms with Crippen LogP contribution < -0.4 is 9.47 Å². The number of rotatable bonds is 14. The molecule has 4 aromatic carbocycles. The summed E-state index contributed by atoms with van der Waals surface area (Å²) in [5, 5.41) is 0. The van der Waals surface area contributed by atoms with Gasteiger partial charge in [-0.25, -0.2) is 0 Å². The lowest BCUT2D eigenvalue weighted by Crippen LogP contribution is -2.43. The van der Waals surface area contributed by atoms with E-state index in [0.29, 0.717) is 39.6 Å². The Bertz CT molecular complexity index is 1470. The van der Waals surface area contributed by atoms with Gasteiger partial charge < -0.3 is 28.4 Å². The first-order valence-electron chi connectivity index (χ1n) is 16.0. The summed E-state index contributed by atoms with van der Waals surface area (Å²) < 4.78 is 34.5. The minimum absolute atomic E-state index is 0.145. The summed E-state index contributed by atoms with van der Waals surface area (Å²) >= 11 is 0. The molecule has 234 valence electrons. The second-order valence-corrected chi connectivity index (χ2v) is 13.3. The van der Waals surface area contributed by atoms with Crippen molar-refractivity contribution in [1.82, 2.24) is 0 Å². The maximum absolute atomic E-state index is 6.08. The Morgan fingerprint density at radius 3 is 1.29 bits per heavy atom. The van der Waals surface area contributed by atoms with Gasteiger partial charge in [-0.2, -0.15) is 0 Å². The standard InChI is InChI=1S/C39H42O6/c1-37(25-42-26-37)23-40-19-21-44-31-15-11-29(12-16-31)39(35-9-5-3-7-33(35)34-8-4-6-10-36(34)39)30-13-17-32(18-14-30)45-22-20-41-24-38(2)27-43-28-38/h3-18H,19-28H2,1-2H3. The van der Waals surface area contributed by atoms with Crippen molar-refractivity contribution in [1.29, 1.82) is 0 Å². The van der Waals surface area contributed by atoms with Gasteiger partial charge >= 0.3 is 0 Å². The number of hydrogen-bond donors (Lipinski definition) is 0. The summed E-state index contributed by atoms with van der Waals surface area (Å²) in [7, 11) is 0. The average Bonchev–Trinajstić information content (AvgIpc) is 3.34. The van der Waals surface area contributed by atoms with Gasteiger partial charge in [0.2, 0.25) is 0 Å². The summed E-state index contributed by atoms with van der Waals surface area (Å²) in [6.07, 6.45) is 0. The van der Waals surface area contributed by atoms with Gasteiger partial charge in [-0.3, -0.25) is 0 Å². The highest BCUT2D eigenvalue weighted by Gasteiger charge is 2.46. The van der Waals surface area contributed by atoms with Crippen molar-refractivity contribution >= 4 is 0 Å². The Hall–Kier alpha value is -3.68. The van der Waals surface area contributed by atoms with E-state index >= 15 is 0 Å². The van der Waals surface area contributed by atoms with Crippen LogP contribution in [-0.2, 0) is 24.4 Å². The molecular weight excluding hydrogens is 564 g/mol. The van der Waals surface area contributed by atoms with Crippen LogP contribution in [0.2, 0.25) is 0 Å². The van der Waals surface area contributed by atoms with E-state index in [-0.39, 0.29) is 10.8 Å². The third-order valence-electron chi connectivity index (χ3n) is 9.22. The highest BCUT2D eigenvalue weighted by molar-refractivity contribution is 5.86. The molecule has 4 aromatic rings. The molecule has 2 aliphatic heterocycles. The smallest absolute Gasteiger partial charge is 0.119 e. The van der Waals surface area contributed by atoms with E-state index in [1.54, 1.807) is 0 Å². The molecule has 0 aromatic heterocycles. The second kappa shape index (κ2) is 12.6. The van der Waals surface area contributed by atoms with Gasteiger partial charge in [0.25, 0.3) is 0 Å². The predicted molar refractivity (Wildman–Crippen MR) is 174 cm³/mol. The molecule has 0 bridgehead atoms. The van der Waals surface area contributed by atoms with Crippen molar-refractivity contribution < 1.29 is 28.4 Å². The van der Waals surface area contributed by atoms with Crippen LogP contribution in [0.5, 0.6) is 11.5 Å². The molecule has 2 fully saturated rings. The molecule has 0 unspecified atom stereocenters. The summed E-state index contributed by atoms with van der Waals surface area (Å²) in [4.78, 5) is 0. The quantitative estimate of drug-likeness (QED) is 0.128.